The molecule has 0 saturated heterocycles. The third kappa shape index (κ3) is 3.13. The molecule has 1 spiro atoms. The van der Waals surface area contributed by atoms with Gasteiger partial charge in [-0.1, -0.05) is 60.0 Å². The molecule has 1 aliphatic carbocycles. The fraction of sp³-hybridized carbons (Fsp3) is 0.231. The number of aromatic nitrogens is 3. The van der Waals surface area contributed by atoms with Crippen LogP contribution < -0.4 is 4.74 Å². The lowest BCUT2D eigenvalue weighted by Crippen LogP contribution is -2.38. The Morgan fingerprint density at radius 2 is 1.66 bits per heavy atom. The second kappa shape index (κ2) is 7.65. The van der Waals surface area contributed by atoms with Gasteiger partial charge in [0.2, 0.25) is 5.88 Å². The lowest BCUT2D eigenvalue weighted by molar-refractivity contribution is 0.0196. The van der Waals surface area contributed by atoms with E-state index in [-0.39, 0.29) is 5.60 Å². The molecule has 6 rings (SSSR count). The molecule has 1 aliphatic heterocycles. The van der Waals surface area contributed by atoms with Gasteiger partial charge in [0.1, 0.15) is 5.60 Å². The number of fused-ring (bicyclic) bond motifs is 4. The number of nitrogens with one attached hydrogen (secondary N) is 1. The molecule has 4 aromatic rings. The molecule has 0 radical (unpaired) electrons. The van der Waals surface area contributed by atoms with Gasteiger partial charge in [0, 0.05) is 26.7 Å². The normalized spacial score (nSPS) is 16.3. The highest BCUT2D eigenvalue weighted by atomic mass is 35.5. The molecule has 2 aromatic carbocycles. The molecule has 2 aliphatic rings. The zero-order chi connectivity index (χ0) is 21.7. The van der Waals surface area contributed by atoms with Crippen molar-refractivity contribution >= 4 is 23.2 Å². The van der Waals surface area contributed by atoms with Gasteiger partial charge in [-0.3, -0.25) is 5.10 Å². The predicted octanol–water partition coefficient (Wildman–Crippen LogP) is 7.66. The third-order valence-electron chi connectivity index (χ3n) is 6.62. The number of pyridine rings is 1. The van der Waals surface area contributed by atoms with Crippen LogP contribution in [0.5, 0.6) is 5.88 Å². The highest BCUT2D eigenvalue weighted by Gasteiger charge is 2.44. The van der Waals surface area contributed by atoms with Gasteiger partial charge in [-0.15, -0.1) is 0 Å². The topological polar surface area (TPSA) is 50.8 Å². The molecule has 0 amide bonds. The van der Waals surface area contributed by atoms with Crippen molar-refractivity contribution in [3.05, 3.63) is 76.4 Å². The van der Waals surface area contributed by atoms with Crippen molar-refractivity contribution in [3.8, 4) is 39.5 Å². The summed E-state index contributed by atoms with van der Waals surface area (Å²) in [7, 11) is 0. The first-order chi connectivity index (χ1) is 15.6. The Kier molecular flexibility index (Phi) is 4.74. The van der Waals surface area contributed by atoms with Crippen molar-refractivity contribution in [1.29, 1.82) is 0 Å². The van der Waals surface area contributed by atoms with Gasteiger partial charge in [-0.05, 0) is 55.5 Å². The fourth-order valence-corrected chi connectivity index (χ4v) is 5.38. The van der Waals surface area contributed by atoms with Gasteiger partial charge in [-0.2, -0.15) is 5.10 Å². The van der Waals surface area contributed by atoms with Crippen molar-refractivity contribution < 1.29 is 4.74 Å². The van der Waals surface area contributed by atoms with Crippen molar-refractivity contribution in [2.75, 3.05) is 0 Å². The molecular weight excluding hydrogens is 441 g/mol. The highest BCUT2D eigenvalue weighted by molar-refractivity contribution is 6.33. The van der Waals surface area contributed by atoms with Crippen molar-refractivity contribution in [1.82, 2.24) is 15.2 Å². The number of halogens is 2. The Morgan fingerprint density at radius 3 is 2.44 bits per heavy atom. The second-order valence-corrected chi connectivity index (χ2v) is 9.38. The number of H-pyrrole nitrogens is 1. The van der Waals surface area contributed by atoms with E-state index >= 15 is 0 Å². The summed E-state index contributed by atoms with van der Waals surface area (Å²) in [6, 6.07) is 17.7. The molecule has 0 unspecified atom stereocenters. The first-order valence-corrected chi connectivity index (χ1v) is 11.7. The molecule has 0 atom stereocenters. The second-order valence-electron chi connectivity index (χ2n) is 8.54. The van der Waals surface area contributed by atoms with Crippen molar-refractivity contribution in [2.45, 2.75) is 37.7 Å². The number of rotatable bonds is 2. The van der Waals surface area contributed by atoms with E-state index in [1.165, 1.54) is 6.42 Å². The predicted molar refractivity (Wildman–Crippen MR) is 128 cm³/mol. The molecule has 0 bridgehead atoms. The van der Waals surface area contributed by atoms with Crippen LogP contribution in [0.3, 0.4) is 0 Å². The lowest BCUT2D eigenvalue weighted by Gasteiger charge is -2.40. The Labute approximate surface area is 196 Å². The summed E-state index contributed by atoms with van der Waals surface area (Å²) in [5, 5.41) is 8.96. The average molecular weight is 462 g/mol. The van der Waals surface area contributed by atoms with Crippen LogP contribution in [0.15, 0.2) is 60.8 Å². The first-order valence-electron chi connectivity index (χ1n) is 10.9. The molecule has 6 heteroatoms. The van der Waals surface area contributed by atoms with Crippen molar-refractivity contribution in [2.24, 2.45) is 0 Å². The van der Waals surface area contributed by atoms with Gasteiger partial charge in [0.15, 0.2) is 0 Å². The summed E-state index contributed by atoms with van der Waals surface area (Å²) in [4.78, 5) is 5.08. The zero-order valence-corrected chi connectivity index (χ0v) is 18.9. The summed E-state index contributed by atoms with van der Waals surface area (Å²) in [5.74, 6) is 0.635. The maximum absolute atomic E-state index is 6.72. The van der Waals surface area contributed by atoms with Crippen LogP contribution in [0.25, 0.3) is 33.6 Å². The van der Waals surface area contributed by atoms with E-state index in [0.29, 0.717) is 15.9 Å². The molecule has 4 nitrogen and oxygen atoms in total. The summed E-state index contributed by atoms with van der Waals surface area (Å²) in [6.07, 6.45) is 7.38. The molecule has 32 heavy (non-hydrogen) atoms. The third-order valence-corrected chi connectivity index (χ3v) is 7.21. The zero-order valence-electron chi connectivity index (χ0n) is 17.4. The quantitative estimate of drug-likeness (QED) is 0.333. The number of ether oxygens (including phenoxy) is 1. The van der Waals surface area contributed by atoms with E-state index in [1.54, 1.807) is 0 Å². The SMILES string of the molecule is Clc1ccc(-c2cc3c(nc2-c2ccccc2Cl)OC2(CCCCC2)c2cn[nH]c2-3)cc1. The lowest BCUT2D eigenvalue weighted by atomic mass is 9.77. The standard InChI is InChI=1S/C26H21Cl2N3O/c27-17-10-8-16(9-11-17)19-14-20-24-21(15-29-31-24)26(12-4-1-5-13-26)32-25(20)30-23(19)18-6-2-3-7-22(18)28/h2-3,6-11,14-15H,1,4-5,12-13H2,(H,29,31). The van der Waals surface area contributed by atoms with E-state index in [4.69, 9.17) is 32.9 Å². The van der Waals surface area contributed by atoms with Gasteiger partial charge < -0.3 is 4.74 Å². The molecule has 1 saturated carbocycles. The molecule has 3 heterocycles. The van der Waals surface area contributed by atoms with Crippen LogP contribution in [-0.4, -0.2) is 15.2 Å². The van der Waals surface area contributed by atoms with Crippen LogP contribution >= 0.6 is 23.2 Å². The Balaban J connectivity index is 1.61. The summed E-state index contributed by atoms with van der Waals surface area (Å²) in [6.45, 7) is 0. The van der Waals surface area contributed by atoms with E-state index < -0.39 is 0 Å². The van der Waals surface area contributed by atoms with Crippen LogP contribution in [0.1, 0.15) is 37.7 Å². The fourth-order valence-electron chi connectivity index (χ4n) is 5.03. The minimum atomic E-state index is -0.361. The average Bonchev–Trinajstić information content (AvgIpc) is 3.32. The molecule has 1 N–H and O–H groups in total. The van der Waals surface area contributed by atoms with E-state index in [0.717, 1.165) is 64.9 Å². The number of nitrogens with zero attached hydrogens (tertiary/aromatic N) is 2. The number of aromatic amines is 1. The van der Waals surface area contributed by atoms with Gasteiger partial charge >= 0.3 is 0 Å². The highest BCUT2D eigenvalue weighted by Crippen LogP contribution is 2.51. The minimum Gasteiger partial charge on any atom is -0.466 e. The number of benzene rings is 2. The van der Waals surface area contributed by atoms with Crippen LogP contribution in [-0.2, 0) is 5.60 Å². The monoisotopic (exact) mass is 461 g/mol. The van der Waals surface area contributed by atoms with Crippen LogP contribution in [0.2, 0.25) is 10.0 Å². The maximum atomic E-state index is 6.72. The summed E-state index contributed by atoms with van der Waals surface area (Å²) < 4.78 is 6.72. The van der Waals surface area contributed by atoms with E-state index in [2.05, 4.69) is 16.3 Å². The van der Waals surface area contributed by atoms with Crippen LogP contribution in [0, 0.1) is 0 Å². The van der Waals surface area contributed by atoms with Crippen molar-refractivity contribution in [3.63, 3.8) is 0 Å². The summed E-state index contributed by atoms with van der Waals surface area (Å²) in [5.41, 5.74) is 6.36. The largest absolute Gasteiger partial charge is 0.466 e. The summed E-state index contributed by atoms with van der Waals surface area (Å²) >= 11 is 12.8. The van der Waals surface area contributed by atoms with E-state index in [9.17, 15) is 0 Å². The molecular formula is C26H21Cl2N3O. The van der Waals surface area contributed by atoms with Gasteiger partial charge in [0.05, 0.1) is 23.1 Å². The molecule has 1 fully saturated rings. The molecule has 2 aromatic heterocycles. The van der Waals surface area contributed by atoms with Crippen LogP contribution in [0.4, 0.5) is 0 Å². The Bertz CT molecular complexity index is 1310. The minimum absolute atomic E-state index is 0.361. The molecule has 160 valence electrons. The first kappa shape index (κ1) is 19.8. The van der Waals surface area contributed by atoms with Gasteiger partial charge in [-0.25, -0.2) is 4.98 Å². The maximum Gasteiger partial charge on any atom is 0.224 e. The number of hydrogen-bond acceptors (Lipinski definition) is 3. The van der Waals surface area contributed by atoms with E-state index in [1.807, 2.05) is 54.7 Å². The van der Waals surface area contributed by atoms with Gasteiger partial charge in [0.25, 0.3) is 0 Å². The Morgan fingerprint density at radius 1 is 0.875 bits per heavy atom. The number of hydrogen-bond donors (Lipinski definition) is 1. The smallest absolute Gasteiger partial charge is 0.224 e. The Hall–Kier alpha value is -2.82.